The lowest BCUT2D eigenvalue weighted by Crippen LogP contribution is -1.90. The Morgan fingerprint density at radius 3 is 2.25 bits per heavy atom. The molecule has 0 fully saturated rings. The van der Waals surface area contributed by atoms with Gasteiger partial charge in [-0.05, 0) is 29.7 Å². The first-order valence-corrected chi connectivity index (χ1v) is 8.87. The Labute approximate surface area is 150 Å². The van der Waals surface area contributed by atoms with Crippen LogP contribution in [0.2, 0.25) is 5.02 Å². The van der Waals surface area contributed by atoms with Crippen LogP contribution in [-0.2, 0) is 0 Å². The Morgan fingerprint density at radius 1 is 0.750 bits per heavy atom. The minimum Gasteiger partial charge on any atom is -0.254 e. The van der Waals surface area contributed by atoms with E-state index in [0.29, 0.717) is 0 Å². The van der Waals surface area contributed by atoms with Crippen LogP contribution in [-0.4, -0.2) is 4.98 Å². The van der Waals surface area contributed by atoms with Crippen LogP contribution < -0.4 is 0 Å². The fraction of sp³-hybridized carbons (Fsp3) is 0. The summed E-state index contributed by atoms with van der Waals surface area (Å²) in [6.45, 7) is 0. The van der Waals surface area contributed by atoms with Gasteiger partial charge in [-0.1, -0.05) is 78.0 Å². The molecule has 0 amide bonds. The van der Waals surface area contributed by atoms with Crippen molar-refractivity contribution >= 4 is 34.1 Å². The Kier molecular flexibility index (Phi) is 4.24. The van der Waals surface area contributed by atoms with Crippen molar-refractivity contribution in [2.45, 2.75) is 9.79 Å². The first kappa shape index (κ1) is 15.3. The van der Waals surface area contributed by atoms with E-state index in [1.54, 1.807) is 11.8 Å². The first-order chi connectivity index (χ1) is 11.8. The lowest BCUT2D eigenvalue weighted by Gasteiger charge is -2.12. The number of halogens is 1. The summed E-state index contributed by atoms with van der Waals surface area (Å²) in [4.78, 5) is 7.11. The molecule has 0 saturated carbocycles. The topological polar surface area (TPSA) is 12.9 Å². The third-order valence-corrected chi connectivity index (χ3v) is 5.21. The SMILES string of the molecule is Clc1ccc(-c2ncc3ccccc3c2Sc2ccccc2)cc1. The number of fused-ring (bicyclic) bond motifs is 1. The van der Waals surface area contributed by atoms with Crippen LogP contribution >= 0.6 is 23.4 Å². The van der Waals surface area contributed by atoms with Crippen LogP contribution in [0, 0.1) is 0 Å². The van der Waals surface area contributed by atoms with E-state index >= 15 is 0 Å². The Bertz CT molecular complexity index is 982. The molecule has 1 aromatic heterocycles. The fourth-order valence-electron chi connectivity index (χ4n) is 2.66. The van der Waals surface area contributed by atoms with Crippen LogP contribution in [0.15, 0.2) is 94.9 Å². The molecule has 0 aliphatic carbocycles. The second-order valence-electron chi connectivity index (χ2n) is 5.45. The molecule has 0 atom stereocenters. The van der Waals surface area contributed by atoms with E-state index in [0.717, 1.165) is 21.7 Å². The maximum atomic E-state index is 6.04. The number of rotatable bonds is 3. The van der Waals surface area contributed by atoms with Crippen LogP contribution in [0.4, 0.5) is 0 Å². The van der Waals surface area contributed by atoms with Gasteiger partial charge in [0.1, 0.15) is 0 Å². The molecule has 24 heavy (non-hydrogen) atoms. The van der Waals surface area contributed by atoms with E-state index in [2.05, 4.69) is 42.5 Å². The van der Waals surface area contributed by atoms with Crippen LogP contribution in [0.3, 0.4) is 0 Å². The zero-order valence-electron chi connectivity index (χ0n) is 12.8. The number of benzene rings is 3. The number of hydrogen-bond donors (Lipinski definition) is 0. The van der Waals surface area contributed by atoms with Gasteiger partial charge in [-0.25, -0.2) is 0 Å². The van der Waals surface area contributed by atoms with Gasteiger partial charge in [-0.3, -0.25) is 4.98 Å². The van der Waals surface area contributed by atoms with Gasteiger partial charge in [-0.15, -0.1) is 0 Å². The summed E-state index contributed by atoms with van der Waals surface area (Å²) in [5, 5.41) is 3.09. The van der Waals surface area contributed by atoms with Crippen LogP contribution in [0.5, 0.6) is 0 Å². The third kappa shape index (κ3) is 3.03. The van der Waals surface area contributed by atoms with Crippen LogP contribution in [0.25, 0.3) is 22.0 Å². The molecular weight excluding hydrogens is 334 g/mol. The lowest BCUT2D eigenvalue weighted by molar-refractivity contribution is 1.28. The van der Waals surface area contributed by atoms with Gasteiger partial charge in [0.2, 0.25) is 0 Å². The summed E-state index contributed by atoms with van der Waals surface area (Å²) >= 11 is 7.79. The normalized spacial score (nSPS) is 10.9. The van der Waals surface area contributed by atoms with Crippen molar-refractivity contribution in [3.8, 4) is 11.3 Å². The molecular formula is C21H14ClNS. The zero-order chi connectivity index (χ0) is 16.4. The Balaban J connectivity index is 1.92. The number of hydrogen-bond acceptors (Lipinski definition) is 2. The average Bonchev–Trinajstić information content (AvgIpc) is 2.64. The predicted molar refractivity (Wildman–Crippen MR) is 103 cm³/mol. The number of aromatic nitrogens is 1. The average molecular weight is 348 g/mol. The Hall–Kier alpha value is -2.29. The van der Waals surface area contributed by atoms with Crippen molar-refractivity contribution < 1.29 is 0 Å². The molecule has 0 aliphatic heterocycles. The van der Waals surface area contributed by atoms with Gasteiger partial charge in [0.25, 0.3) is 0 Å². The molecule has 1 heterocycles. The molecule has 0 radical (unpaired) electrons. The maximum Gasteiger partial charge on any atom is 0.0847 e. The van der Waals surface area contributed by atoms with Crippen LogP contribution in [0.1, 0.15) is 0 Å². The molecule has 116 valence electrons. The molecule has 3 heteroatoms. The van der Waals surface area contributed by atoms with Crippen molar-refractivity contribution in [3.05, 3.63) is 90.1 Å². The van der Waals surface area contributed by atoms with E-state index in [9.17, 15) is 0 Å². The minimum absolute atomic E-state index is 0.733. The molecule has 4 rings (SSSR count). The summed E-state index contributed by atoms with van der Waals surface area (Å²) in [5.41, 5.74) is 2.06. The zero-order valence-corrected chi connectivity index (χ0v) is 14.4. The number of pyridine rings is 1. The molecule has 0 unspecified atom stereocenters. The highest BCUT2D eigenvalue weighted by Gasteiger charge is 2.12. The second kappa shape index (κ2) is 6.68. The third-order valence-electron chi connectivity index (χ3n) is 3.83. The molecule has 0 saturated heterocycles. The molecule has 3 aromatic carbocycles. The molecule has 0 aliphatic rings. The molecule has 0 spiro atoms. The predicted octanol–water partition coefficient (Wildman–Crippen LogP) is 6.71. The van der Waals surface area contributed by atoms with Gasteiger partial charge < -0.3 is 0 Å². The lowest BCUT2D eigenvalue weighted by atomic mass is 10.1. The van der Waals surface area contributed by atoms with E-state index in [1.165, 1.54) is 15.2 Å². The highest BCUT2D eigenvalue weighted by atomic mass is 35.5. The van der Waals surface area contributed by atoms with E-state index in [1.807, 2.05) is 42.6 Å². The maximum absolute atomic E-state index is 6.04. The monoisotopic (exact) mass is 347 g/mol. The quantitative estimate of drug-likeness (QED) is 0.408. The van der Waals surface area contributed by atoms with E-state index in [4.69, 9.17) is 16.6 Å². The summed E-state index contributed by atoms with van der Waals surface area (Å²) in [5.74, 6) is 0. The van der Waals surface area contributed by atoms with Gasteiger partial charge in [0, 0.05) is 32.0 Å². The first-order valence-electron chi connectivity index (χ1n) is 7.68. The molecule has 1 nitrogen and oxygen atoms in total. The minimum atomic E-state index is 0.733. The fourth-order valence-corrected chi connectivity index (χ4v) is 3.88. The number of nitrogens with zero attached hydrogens (tertiary/aromatic N) is 1. The molecule has 4 aromatic rings. The highest BCUT2D eigenvalue weighted by molar-refractivity contribution is 7.99. The smallest absolute Gasteiger partial charge is 0.0847 e. The summed E-state index contributed by atoms with van der Waals surface area (Å²) in [6.07, 6.45) is 1.94. The highest BCUT2D eigenvalue weighted by Crippen LogP contribution is 2.39. The van der Waals surface area contributed by atoms with E-state index in [-0.39, 0.29) is 0 Å². The molecule has 0 bridgehead atoms. The van der Waals surface area contributed by atoms with Gasteiger partial charge in [-0.2, -0.15) is 0 Å². The Morgan fingerprint density at radius 2 is 1.46 bits per heavy atom. The summed E-state index contributed by atoms with van der Waals surface area (Å²) in [6, 6.07) is 26.6. The van der Waals surface area contributed by atoms with Crippen molar-refractivity contribution in [2.24, 2.45) is 0 Å². The largest absolute Gasteiger partial charge is 0.254 e. The van der Waals surface area contributed by atoms with Crippen molar-refractivity contribution in [3.63, 3.8) is 0 Å². The standard InChI is InChI=1S/C21H14ClNS/c22-17-12-10-15(11-13-17)20-21(24-18-7-2-1-3-8-18)19-9-5-4-6-16(19)14-23-20/h1-14H. The van der Waals surface area contributed by atoms with Gasteiger partial charge in [0.05, 0.1) is 5.69 Å². The molecule has 0 N–H and O–H groups in total. The van der Waals surface area contributed by atoms with E-state index < -0.39 is 0 Å². The van der Waals surface area contributed by atoms with Gasteiger partial charge >= 0.3 is 0 Å². The van der Waals surface area contributed by atoms with Crippen molar-refractivity contribution in [2.75, 3.05) is 0 Å². The summed E-state index contributed by atoms with van der Waals surface area (Å²) in [7, 11) is 0. The second-order valence-corrected chi connectivity index (χ2v) is 6.97. The summed E-state index contributed by atoms with van der Waals surface area (Å²) < 4.78 is 0. The van der Waals surface area contributed by atoms with Crippen molar-refractivity contribution in [1.82, 2.24) is 4.98 Å². The van der Waals surface area contributed by atoms with Gasteiger partial charge in [0.15, 0.2) is 0 Å². The van der Waals surface area contributed by atoms with Crippen molar-refractivity contribution in [1.29, 1.82) is 0 Å².